The van der Waals surface area contributed by atoms with Crippen LogP contribution in [0.1, 0.15) is 49.7 Å². The Kier molecular flexibility index (Phi) is 4.27. The van der Waals surface area contributed by atoms with E-state index in [1.165, 1.54) is 0 Å². The molecule has 0 heterocycles. The third kappa shape index (κ3) is 2.99. The normalized spacial score (nSPS) is 24.6. The fraction of sp³-hybridized carbons (Fsp3) is 0.467. The molecule has 0 nitrogen and oxygen atoms in total. The summed E-state index contributed by atoms with van der Waals surface area (Å²) in [5.74, 6) is -2.86. The number of hydrogen-bond acceptors (Lipinski definition) is 0. The van der Waals surface area contributed by atoms with Crippen molar-refractivity contribution in [1.29, 1.82) is 0 Å². The molecule has 1 aromatic carbocycles. The lowest BCUT2D eigenvalue weighted by molar-refractivity contribution is 0.346. The molecule has 0 radical (unpaired) electrons. The van der Waals surface area contributed by atoms with E-state index in [2.05, 4.69) is 6.92 Å². The summed E-state index contributed by atoms with van der Waals surface area (Å²) in [7, 11) is 0. The minimum atomic E-state index is -1.51. The van der Waals surface area contributed by atoms with Crippen LogP contribution in [0.2, 0.25) is 0 Å². The topological polar surface area (TPSA) is 0 Å². The van der Waals surface area contributed by atoms with Crippen LogP contribution in [-0.4, -0.2) is 0 Å². The van der Waals surface area contributed by atoms with E-state index in [1.807, 2.05) is 0 Å². The van der Waals surface area contributed by atoms with Crippen LogP contribution in [0.15, 0.2) is 18.5 Å². The van der Waals surface area contributed by atoms with Crippen LogP contribution in [0.5, 0.6) is 0 Å². The first-order chi connectivity index (χ1) is 9.02. The van der Waals surface area contributed by atoms with E-state index in [1.54, 1.807) is 0 Å². The van der Waals surface area contributed by atoms with Crippen molar-refractivity contribution in [2.24, 2.45) is 5.92 Å². The molecular formula is C15H16F4. The summed E-state index contributed by atoms with van der Waals surface area (Å²) in [6.07, 6.45) is 3.37. The molecule has 2 rings (SSSR count). The highest BCUT2D eigenvalue weighted by Gasteiger charge is 2.23. The molecule has 0 amide bonds. The highest BCUT2D eigenvalue weighted by Crippen LogP contribution is 2.37. The average Bonchev–Trinajstić information content (AvgIpc) is 2.38. The minimum Gasteiger partial charge on any atom is -0.212 e. The summed E-state index contributed by atoms with van der Waals surface area (Å²) in [4.78, 5) is 0. The number of benzene rings is 1. The zero-order valence-electron chi connectivity index (χ0n) is 10.7. The van der Waals surface area contributed by atoms with Crippen molar-refractivity contribution in [2.75, 3.05) is 0 Å². The first kappa shape index (κ1) is 14.1. The summed E-state index contributed by atoms with van der Waals surface area (Å²) >= 11 is 0. The SMILES string of the molecule is CC1CCC(c2cc(F)c(/C(F)=C/F)c(F)c2)CC1. The summed E-state index contributed by atoms with van der Waals surface area (Å²) in [6.45, 7) is 2.15. The average molecular weight is 272 g/mol. The van der Waals surface area contributed by atoms with Crippen LogP contribution >= 0.6 is 0 Å². The van der Waals surface area contributed by atoms with E-state index in [0.29, 0.717) is 11.5 Å². The maximum atomic E-state index is 13.7. The van der Waals surface area contributed by atoms with Crippen molar-refractivity contribution in [3.63, 3.8) is 0 Å². The summed E-state index contributed by atoms with van der Waals surface area (Å²) in [5, 5.41) is 0. The highest BCUT2D eigenvalue weighted by atomic mass is 19.2. The summed E-state index contributed by atoms with van der Waals surface area (Å²) < 4.78 is 52.5. The maximum Gasteiger partial charge on any atom is 0.164 e. The molecule has 1 aromatic rings. The van der Waals surface area contributed by atoms with Crippen molar-refractivity contribution in [3.8, 4) is 0 Å². The summed E-state index contributed by atoms with van der Waals surface area (Å²) in [6, 6.07) is 2.25. The van der Waals surface area contributed by atoms with Gasteiger partial charge in [0.05, 0.1) is 5.56 Å². The Balaban J connectivity index is 2.30. The molecule has 0 N–H and O–H groups in total. The predicted molar refractivity (Wildman–Crippen MR) is 66.9 cm³/mol. The van der Waals surface area contributed by atoms with E-state index in [0.717, 1.165) is 37.8 Å². The van der Waals surface area contributed by atoms with Gasteiger partial charge in [-0.2, -0.15) is 0 Å². The fourth-order valence-corrected chi connectivity index (χ4v) is 2.70. The lowest BCUT2D eigenvalue weighted by Gasteiger charge is -2.26. The molecule has 0 aromatic heterocycles. The third-order valence-electron chi connectivity index (χ3n) is 3.89. The van der Waals surface area contributed by atoms with Gasteiger partial charge in [0.2, 0.25) is 0 Å². The van der Waals surface area contributed by atoms with Crippen molar-refractivity contribution in [1.82, 2.24) is 0 Å². The van der Waals surface area contributed by atoms with Gasteiger partial charge in [-0.25, -0.2) is 17.6 Å². The molecule has 0 spiro atoms. The van der Waals surface area contributed by atoms with Crippen molar-refractivity contribution in [3.05, 3.63) is 41.2 Å². The van der Waals surface area contributed by atoms with Gasteiger partial charge < -0.3 is 0 Å². The van der Waals surface area contributed by atoms with E-state index >= 15 is 0 Å². The molecule has 0 unspecified atom stereocenters. The molecule has 19 heavy (non-hydrogen) atoms. The van der Waals surface area contributed by atoms with Gasteiger partial charge in [-0.3, -0.25) is 0 Å². The van der Waals surface area contributed by atoms with Gasteiger partial charge in [-0.05, 0) is 42.4 Å². The van der Waals surface area contributed by atoms with Crippen LogP contribution in [0.25, 0.3) is 5.83 Å². The number of halogens is 4. The third-order valence-corrected chi connectivity index (χ3v) is 3.89. The standard InChI is InChI=1S/C15H16F4/c1-9-2-4-10(5-3-9)11-6-12(17)15(13(18)7-11)14(19)8-16/h6-10H,2-5H2,1H3/b14-8-. The lowest BCUT2D eigenvalue weighted by Crippen LogP contribution is -2.11. The fourth-order valence-electron chi connectivity index (χ4n) is 2.70. The molecule has 0 atom stereocenters. The van der Waals surface area contributed by atoms with Crippen LogP contribution in [0, 0.1) is 17.6 Å². The molecule has 0 aliphatic heterocycles. The van der Waals surface area contributed by atoms with Crippen molar-refractivity contribution < 1.29 is 17.6 Å². The van der Waals surface area contributed by atoms with Crippen LogP contribution in [0.4, 0.5) is 17.6 Å². The van der Waals surface area contributed by atoms with Gasteiger partial charge >= 0.3 is 0 Å². The predicted octanol–water partition coefficient (Wildman–Crippen LogP) is 5.50. The van der Waals surface area contributed by atoms with Gasteiger partial charge in [0.15, 0.2) is 5.83 Å². The Morgan fingerprint density at radius 2 is 1.63 bits per heavy atom. The first-order valence-corrected chi connectivity index (χ1v) is 6.48. The molecule has 0 bridgehead atoms. The van der Waals surface area contributed by atoms with Crippen LogP contribution < -0.4 is 0 Å². The molecule has 1 aliphatic carbocycles. The summed E-state index contributed by atoms with van der Waals surface area (Å²) in [5.41, 5.74) is -0.382. The molecule has 104 valence electrons. The molecule has 0 saturated heterocycles. The number of hydrogen-bond donors (Lipinski definition) is 0. The lowest BCUT2D eigenvalue weighted by atomic mass is 9.79. The Morgan fingerprint density at radius 1 is 1.11 bits per heavy atom. The quantitative estimate of drug-likeness (QED) is 0.624. The smallest absolute Gasteiger partial charge is 0.164 e. The monoisotopic (exact) mass is 272 g/mol. The molecule has 4 heteroatoms. The molecular weight excluding hydrogens is 256 g/mol. The van der Waals surface area contributed by atoms with Gasteiger partial charge in [0.25, 0.3) is 0 Å². The molecule has 1 aliphatic rings. The Bertz CT molecular complexity index is 462. The van der Waals surface area contributed by atoms with Crippen LogP contribution in [-0.2, 0) is 0 Å². The Hall–Kier alpha value is -1.32. The van der Waals surface area contributed by atoms with E-state index in [9.17, 15) is 17.6 Å². The Morgan fingerprint density at radius 3 is 2.11 bits per heavy atom. The highest BCUT2D eigenvalue weighted by molar-refractivity contribution is 5.59. The first-order valence-electron chi connectivity index (χ1n) is 6.48. The molecule has 1 fully saturated rings. The van der Waals surface area contributed by atoms with Gasteiger partial charge in [-0.1, -0.05) is 19.8 Å². The van der Waals surface area contributed by atoms with Crippen molar-refractivity contribution in [2.45, 2.75) is 38.5 Å². The van der Waals surface area contributed by atoms with Gasteiger partial charge in [0.1, 0.15) is 18.0 Å². The number of rotatable bonds is 2. The van der Waals surface area contributed by atoms with E-state index < -0.39 is 29.4 Å². The second-order valence-electron chi connectivity index (χ2n) is 5.27. The van der Waals surface area contributed by atoms with E-state index in [-0.39, 0.29) is 5.92 Å². The van der Waals surface area contributed by atoms with Gasteiger partial charge in [0, 0.05) is 0 Å². The molecule has 1 saturated carbocycles. The zero-order chi connectivity index (χ0) is 14.0. The van der Waals surface area contributed by atoms with Crippen LogP contribution in [0.3, 0.4) is 0 Å². The minimum absolute atomic E-state index is 0.103. The van der Waals surface area contributed by atoms with Crippen molar-refractivity contribution >= 4 is 5.83 Å². The second kappa shape index (κ2) is 5.76. The Labute approximate surface area is 110 Å². The van der Waals surface area contributed by atoms with E-state index in [4.69, 9.17) is 0 Å². The largest absolute Gasteiger partial charge is 0.212 e. The van der Waals surface area contributed by atoms with Gasteiger partial charge in [-0.15, -0.1) is 0 Å². The second-order valence-corrected chi connectivity index (χ2v) is 5.27. The maximum absolute atomic E-state index is 13.7. The zero-order valence-corrected chi connectivity index (χ0v) is 10.7.